The minimum Gasteiger partial charge on any atom is -0.465 e. The van der Waals surface area contributed by atoms with E-state index in [0.717, 1.165) is 59.8 Å². The molecule has 2 aliphatic rings. The van der Waals surface area contributed by atoms with Gasteiger partial charge in [0, 0.05) is 37.8 Å². The molecule has 3 heterocycles. The number of hydrogen-bond donors (Lipinski definition) is 1. The Kier molecular flexibility index (Phi) is 7.01. The number of benzene rings is 1. The van der Waals surface area contributed by atoms with Crippen LogP contribution in [-0.2, 0) is 16.0 Å². The second-order valence-corrected chi connectivity index (χ2v) is 10.1. The molecule has 1 aromatic carbocycles. The molecule has 0 spiro atoms. The number of aromatic nitrogens is 3. The number of aryl methyl sites for hydroxylation is 1. The first-order valence-corrected chi connectivity index (χ1v) is 13.3. The predicted octanol–water partition coefficient (Wildman–Crippen LogP) is 4.06. The van der Waals surface area contributed by atoms with Gasteiger partial charge in [0.05, 0.1) is 13.2 Å². The van der Waals surface area contributed by atoms with Gasteiger partial charge in [0.2, 0.25) is 10.1 Å². The number of piperazine rings is 1. The van der Waals surface area contributed by atoms with Gasteiger partial charge in [-0.15, -0.1) is 5.10 Å². The smallest absolute Gasteiger partial charge is 0.320 e. The third-order valence-corrected chi connectivity index (χ3v) is 7.79. The monoisotopic (exact) mass is 482 g/mol. The van der Waals surface area contributed by atoms with E-state index in [4.69, 9.17) is 14.8 Å². The van der Waals surface area contributed by atoms with Crippen LogP contribution in [0.25, 0.3) is 16.2 Å². The van der Waals surface area contributed by atoms with Crippen molar-refractivity contribution in [3.63, 3.8) is 0 Å². The minimum atomic E-state index is -0.147. The Balaban J connectivity index is 1.37. The number of anilines is 2. The van der Waals surface area contributed by atoms with Crippen molar-refractivity contribution in [2.24, 2.45) is 0 Å². The number of ether oxygens (including phenoxy) is 1. The maximum Gasteiger partial charge on any atom is 0.320 e. The van der Waals surface area contributed by atoms with Gasteiger partial charge in [-0.1, -0.05) is 55.4 Å². The molecule has 1 aliphatic carbocycles. The Morgan fingerprint density at radius 1 is 1.12 bits per heavy atom. The molecule has 34 heavy (non-hydrogen) atoms. The molecule has 1 N–H and O–H groups in total. The van der Waals surface area contributed by atoms with Gasteiger partial charge in [-0.3, -0.25) is 9.69 Å². The highest BCUT2D eigenvalue weighted by Gasteiger charge is 2.26. The first-order valence-electron chi connectivity index (χ1n) is 12.5. The first-order chi connectivity index (χ1) is 16.6. The fraction of sp³-hybridized carbons (Fsp3) is 0.560. The molecule has 2 fully saturated rings. The molecule has 0 bridgehead atoms. The second-order valence-electron chi connectivity index (χ2n) is 9.13. The molecule has 1 saturated carbocycles. The van der Waals surface area contributed by atoms with E-state index in [-0.39, 0.29) is 5.97 Å². The van der Waals surface area contributed by atoms with Crippen molar-refractivity contribution in [2.75, 3.05) is 49.5 Å². The van der Waals surface area contributed by atoms with Crippen molar-refractivity contribution in [3.05, 3.63) is 29.8 Å². The van der Waals surface area contributed by atoms with Gasteiger partial charge in [-0.2, -0.15) is 4.52 Å². The number of hydrogen-bond acceptors (Lipinski definition) is 8. The van der Waals surface area contributed by atoms with Crippen LogP contribution < -0.4 is 10.2 Å². The van der Waals surface area contributed by atoms with Gasteiger partial charge in [0.1, 0.15) is 5.69 Å². The molecule has 3 aromatic rings. The van der Waals surface area contributed by atoms with E-state index in [2.05, 4.69) is 46.3 Å². The quantitative estimate of drug-likeness (QED) is 0.485. The largest absolute Gasteiger partial charge is 0.465 e. The van der Waals surface area contributed by atoms with Crippen LogP contribution in [0.4, 0.5) is 10.9 Å². The summed E-state index contributed by atoms with van der Waals surface area (Å²) in [4.78, 5) is 22.2. The fourth-order valence-corrected chi connectivity index (χ4v) is 5.80. The third kappa shape index (κ3) is 4.90. The zero-order valence-corrected chi connectivity index (χ0v) is 20.9. The van der Waals surface area contributed by atoms with Gasteiger partial charge in [-0.05, 0) is 31.7 Å². The normalized spacial score (nSPS) is 17.5. The van der Waals surface area contributed by atoms with Crippen LogP contribution in [0, 0.1) is 0 Å². The molecule has 1 aliphatic heterocycles. The van der Waals surface area contributed by atoms with Crippen LogP contribution in [-0.4, -0.2) is 70.8 Å². The van der Waals surface area contributed by atoms with Crippen molar-refractivity contribution < 1.29 is 9.53 Å². The SMILES string of the molecule is CCOC(=O)CN1CCN(c2nn3c(NC4CCCC4)c(-c4ccc(CC)cc4)nc3s2)CC1. The Labute approximate surface area is 204 Å². The molecule has 8 nitrogen and oxygen atoms in total. The van der Waals surface area contributed by atoms with Crippen LogP contribution in [0.15, 0.2) is 24.3 Å². The van der Waals surface area contributed by atoms with Crippen LogP contribution in [0.2, 0.25) is 0 Å². The molecule has 5 rings (SSSR count). The first kappa shape index (κ1) is 23.1. The Morgan fingerprint density at radius 2 is 1.85 bits per heavy atom. The summed E-state index contributed by atoms with van der Waals surface area (Å²) in [5.41, 5.74) is 3.45. The molecule has 0 radical (unpaired) electrons. The zero-order chi connectivity index (χ0) is 23.5. The van der Waals surface area contributed by atoms with Crippen molar-refractivity contribution in [1.82, 2.24) is 19.5 Å². The van der Waals surface area contributed by atoms with E-state index in [1.807, 2.05) is 11.4 Å². The Bertz CT molecular complexity index is 1110. The van der Waals surface area contributed by atoms with E-state index in [1.165, 1.54) is 31.2 Å². The van der Waals surface area contributed by atoms with Crippen LogP contribution >= 0.6 is 11.3 Å². The van der Waals surface area contributed by atoms with Crippen LogP contribution in [0.3, 0.4) is 0 Å². The average Bonchev–Trinajstić information content (AvgIpc) is 3.58. The summed E-state index contributed by atoms with van der Waals surface area (Å²) in [6, 6.07) is 9.21. The van der Waals surface area contributed by atoms with E-state index >= 15 is 0 Å². The van der Waals surface area contributed by atoms with Crippen molar-refractivity contribution in [1.29, 1.82) is 0 Å². The number of nitrogens with zero attached hydrogens (tertiary/aromatic N) is 5. The van der Waals surface area contributed by atoms with Gasteiger partial charge in [-0.25, -0.2) is 4.98 Å². The van der Waals surface area contributed by atoms with Gasteiger partial charge < -0.3 is 15.0 Å². The topological polar surface area (TPSA) is 75.0 Å². The molecule has 1 saturated heterocycles. The summed E-state index contributed by atoms with van der Waals surface area (Å²) in [5, 5.41) is 9.77. The molecular weight excluding hydrogens is 448 g/mol. The van der Waals surface area contributed by atoms with E-state index in [1.54, 1.807) is 11.3 Å². The summed E-state index contributed by atoms with van der Waals surface area (Å²) in [7, 11) is 0. The molecular formula is C25H34N6O2S. The second kappa shape index (κ2) is 10.3. The predicted molar refractivity (Wildman–Crippen MR) is 137 cm³/mol. The highest BCUT2D eigenvalue weighted by atomic mass is 32.1. The van der Waals surface area contributed by atoms with E-state index in [9.17, 15) is 4.79 Å². The van der Waals surface area contributed by atoms with Crippen LogP contribution in [0.1, 0.15) is 45.1 Å². The lowest BCUT2D eigenvalue weighted by atomic mass is 10.1. The lowest BCUT2D eigenvalue weighted by molar-refractivity contribution is -0.144. The summed E-state index contributed by atoms with van der Waals surface area (Å²) in [6.45, 7) is 8.14. The number of fused-ring (bicyclic) bond motifs is 1. The molecule has 9 heteroatoms. The summed E-state index contributed by atoms with van der Waals surface area (Å²) in [6.07, 6.45) is 5.97. The number of esters is 1. The number of rotatable bonds is 8. The summed E-state index contributed by atoms with van der Waals surface area (Å²) < 4.78 is 7.10. The van der Waals surface area contributed by atoms with Crippen LogP contribution in [0.5, 0.6) is 0 Å². The van der Waals surface area contributed by atoms with E-state index in [0.29, 0.717) is 19.2 Å². The number of carbonyl (C=O) groups excluding carboxylic acids is 1. The number of nitrogens with one attached hydrogen (secondary N) is 1. The molecule has 2 aromatic heterocycles. The number of imidazole rings is 1. The molecule has 0 amide bonds. The Morgan fingerprint density at radius 3 is 2.53 bits per heavy atom. The molecule has 0 atom stereocenters. The van der Waals surface area contributed by atoms with Crippen molar-refractivity contribution in [2.45, 2.75) is 52.0 Å². The highest BCUT2D eigenvalue weighted by Crippen LogP contribution is 2.35. The molecule has 0 unspecified atom stereocenters. The van der Waals surface area contributed by atoms with Crippen molar-refractivity contribution >= 4 is 33.2 Å². The van der Waals surface area contributed by atoms with E-state index < -0.39 is 0 Å². The Hall–Kier alpha value is -2.65. The van der Waals surface area contributed by atoms with Crippen molar-refractivity contribution in [3.8, 4) is 11.3 Å². The van der Waals surface area contributed by atoms with Gasteiger partial charge in [0.15, 0.2) is 5.82 Å². The summed E-state index contributed by atoms with van der Waals surface area (Å²) >= 11 is 1.64. The maximum absolute atomic E-state index is 11.8. The molecule has 182 valence electrons. The fourth-order valence-electron chi connectivity index (χ4n) is 4.85. The third-order valence-electron chi connectivity index (χ3n) is 6.83. The maximum atomic E-state index is 11.8. The number of carbonyl (C=O) groups is 1. The lowest BCUT2D eigenvalue weighted by Crippen LogP contribution is -2.48. The van der Waals surface area contributed by atoms with Gasteiger partial charge >= 0.3 is 5.97 Å². The average molecular weight is 483 g/mol. The zero-order valence-electron chi connectivity index (χ0n) is 20.1. The van der Waals surface area contributed by atoms with Gasteiger partial charge in [0.25, 0.3) is 0 Å². The minimum absolute atomic E-state index is 0.147. The highest BCUT2D eigenvalue weighted by molar-refractivity contribution is 7.20. The summed E-state index contributed by atoms with van der Waals surface area (Å²) in [5.74, 6) is 0.861. The standard InChI is InChI=1S/C25H34N6O2S/c1-3-18-9-11-19(12-10-18)22-23(26-20-7-5-6-8-20)31-24(27-22)34-25(28-31)30-15-13-29(14-16-30)17-21(32)33-4-2/h9-12,20,26H,3-8,13-17H2,1-2H3. The lowest BCUT2D eigenvalue weighted by Gasteiger charge is -2.33.